The summed E-state index contributed by atoms with van der Waals surface area (Å²) in [6.45, 7) is 6.04. The van der Waals surface area contributed by atoms with E-state index in [0.29, 0.717) is 22.0 Å². The molecule has 6 heteroatoms. The van der Waals surface area contributed by atoms with Crippen LogP contribution in [0, 0.1) is 0 Å². The van der Waals surface area contributed by atoms with Crippen molar-refractivity contribution in [2.75, 3.05) is 6.54 Å². The summed E-state index contributed by atoms with van der Waals surface area (Å²) in [6, 6.07) is 14.6. The summed E-state index contributed by atoms with van der Waals surface area (Å²) in [5, 5.41) is 12.1. The molecule has 26 heavy (non-hydrogen) atoms. The lowest BCUT2D eigenvalue weighted by Crippen LogP contribution is -2.37. The fraction of sp³-hybridized carbons (Fsp3) is 0.300. The Labute approximate surface area is 163 Å². The van der Waals surface area contributed by atoms with Crippen molar-refractivity contribution in [1.82, 2.24) is 5.32 Å². The number of hydrogen-bond donors (Lipinski definition) is 2. The van der Waals surface area contributed by atoms with Crippen molar-refractivity contribution in [3.8, 4) is 0 Å². The molecule has 0 aliphatic rings. The molecule has 0 spiro atoms. The molecule has 2 N–H and O–H groups in total. The molecule has 0 aliphatic heterocycles. The summed E-state index contributed by atoms with van der Waals surface area (Å²) in [6.07, 6.45) is 0. The number of carboxylic acid groups (broad SMARTS) is 1. The predicted octanol–water partition coefficient (Wildman–Crippen LogP) is 4.61. The van der Waals surface area contributed by atoms with E-state index >= 15 is 0 Å². The van der Waals surface area contributed by atoms with Crippen LogP contribution in [0.3, 0.4) is 0 Å². The lowest BCUT2D eigenvalue weighted by Gasteiger charge is -2.27. The van der Waals surface area contributed by atoms with Crippen molar-refractivity contribution in [3.63, 3.8) is 0 Å². The van der Waals surface area contributed by atoms with E-state index in [4.69, 9.17) is 16.7 Å². The summed E-state index contributed by atoms with van der Waals surface area (Å²) in [7, 11) is 0. The SMILES string of the molecule is CC(Sc1ccccc1C(=O)NCC(C)(C)c1ccccc1Cl)C(=O)O. The van der Waals surface area contributed by atoms with Crippen molar-refractivity contribution >= 4 is 35.2 Å². The molecule has 0 saturated carbocycles. The quantitative estimate of drug-likeness (QED) is 0.676. The second-order valence-corrected chi connectivity index (χ2v) is 8.43. The highest BCUT2D eigenvalue weighted by Crippen LogP contribution is 2.30. The molecule has 0 radical (unpaired) electrons. The smallest absolute Gasteiger partial charge is 0.316 e. The number of hydrogen-bond acceptors (Lipinski definition) is 3. The number of carboxylic acids is 1. The molecule has 0 fully saturated rings. The van der Waals surface area contributed by atoms with Gasteiger partial charge in [-0.15, -0.1) is 11.8 Å². The first-order valence-electron chi connectivity index (χ1n) is 8.24. The van der Waals surface area contributed by atoms with Gasteiger partial charge in [-0.1, -0.05) is 55.8 Å². The number of aliphatic carboxylic acids is 1. The Morgan fingerprint density at radius 2 is 1.77 bits per heavy atom. The first-order valence-corrected chi connectivity index (χ1v) is 9.50. The van der Waals surface area contributed by atoms with E-state index in [1.165, 1.54) is 0 Å². The fourth-order valence-corrected chi connectivity index (χ4v) is 3.82. The van der Waals surface area contributed by atoms with E-state index < -0.39 is 11.2 Å². The Balaban J connectivity index is 2.13. The molecular formula is C20H22ClNO3S. The highest BCUT2D eigenvalue weighted by Gasteiger charge is 2.25. The maximum absolute atomic E-state index is 12.7. The third kappa shape index (κ3) is 5.02. The largest absolute Gasteiger partial charge is 0.480 e. The van der Waals surface area contributed by atoms with Gasteiger partial charge < -0.3 is 10.4 Å². The summed E-state index contributed by atoms with van der Waals surface area (Å²) in [5.41, 5.74) is 1.09. The van der Waals surface area contributed by atoms with Gasteiger partial charge in [0, 0.05) is 21.9 Å². The lowest BCUT2D eigenvalue weighted by molar-refractivity contribution is -0.136. The van der Waals surface area contributed by atoms with Gasteiger partial charge in [0.25, 0.3) is 5.91 Å². The molecular weight excluding hydrogens is 370 g/mol. The Morgan fingerprint density at radius 1 is 1.15 bits per heavy atom. The fourth-order valence-electron chi connectivity index (χ4n) is 2.50. The molecule has 1 unspecified atom stereocenters. The molecule has 0 saturated heterocycles. The number of carbonyl (C=O) groups excluding carboxylic acids is 1. The lowest BCUT2D eigenvalue weighted by atomic mass is 9.84. The zero-order valence-electron chi connectivity index (χ0n) is 15.0. The van der Waals surface area contributed by atoms with Crippen molar-refractivity contribution in [2.24, 2.45) is 0 Å². The van der Waals surface area contributed by atoms with Gasteiger partial charge in [-0.25, -0.2) is 0 Å². The Bertz CT molecular complexity index is 807. The predicted molar refractivity (Wildman–Crippen MR) is 106 cm³/mol. The second kappa shape index (κ2) is 8.60. The molecule has 4 nitrogen and oxygen atoms in total. The minimum Gasteiger partial charge on any atom is -0.480 e. The molecule has 0 bridgehead atoms. The second-order valence-electron chi connectivity index (χ2n) is 6.64. The number of nitrogens with one attached hydrogen (secondary N) is 1. The van der Waals surface area contributed by atoms with Gasteiger partial charge in [0.05, 0.1) is 5.56 Å². The Kier molecular flexibility index (Phi) is 6.73. The molecule has 1 amide bonds. The van der Waals surface area contributed by atoms with Crippen LogP contribution < -0.4 is 5.32 Å². The molecule has 0 aliphatic carbocycles. The molecule has 0 aromatic heterocycles. The van der Waals surface area contributed by atoms with E-state index in [2.05, 4.69) is 5.32 Å². The number of benzene rings is 2. The highest BCUT2D eigenvalue weighted by atomic mass is 35.5. The highest BCUT2D eigenvalue weighted by molar-refractivity contribution is 8.00. The average Bonchev–Trinajstić information content (AvgIpc) is 2.60. The van der Waals surface area contributed by atoms with Gasteiger partial charge in [-0.3, -0.25) is 9.59 Å². The van der Waals surface area contributed by atoms with Crippen LogP contribution in [-0.4, -0.2) is 28.8 Å². The minimum atomic E-state index is -0.912. The van der Waals surface area contributed by atoms with Crippen LogP contribution in [0.5, 0.6) is 0 Å². The van der Waals surface area contributed by atoms with Crippen molar-refractivity contribution in [2.45, 2.75) is 36.3 Å². The number of halogens is 1. The third-order valence-corrected chi connectivity index (χ3v) is 5.57. The van der Waals surface area contributed by atoms with Crippen LogP contribution in [0.25, 0.3) is 0 Å². The summed E-state index contributed by atoms with van der Waals surface area (Å²) in [4.78, 5) is 24.4. The average molecular weight is 392 g/mol. The summed E-state index contributed by atoms with van der Waals surface area (Å²) in [5.74, 6) is -1.14. The number of carbonyl (C=O) groups is 2. The van der Waals surface area contributed by atoms with E-state index in [9.17, 15) is 9.59 Å². The zero-order chi connectivity index (χ0) is 19.3. The molecule has 0 heterocycles. The number of rotatable bonds is 7. The zero-order valence-corrected chi connectivity index (χ0v) is 16.5. The van der Waals surface area contributed by atoms with Crippen LogP contribution in [0.15, 0.2) is 53.4 Å². The third-order valence-electron chi connectivity index (χ3n) is 4.08. The van der Waals surface area contributed by atoms with Gasteiger partial charge in [0.15, 0.2) is 0 Å². The molecule has 2 rings (SSSR count). The number of thioether (sulfide) groups is 1. The van der Waals surface area contributed by atoms with Crippen LogP contribution in [-0.2, 0) is 10.2 Å². The standard InChI is InChI=1S/C20H22ClNO3S/c1-13(19(24)25)26-17-11-7-4-8-14(17)18(23)22-12-20(2,3)15-9-5-6-10-16(15)21/h4-11,13H,12H2,1-3H3,(H,22,23)(H,24,25). The van der Waals surface area contributed by atoms with Gasteiger partial charge >= 0.3 is 5.97 Å². The summed E-state index contributed by atoms with van der Waals surface area (Å²) >= 11 is 7.44. The van der Waals surface area contributed by atoms with Gasteiger partial charge in [0.1, 0.15) is 5.25 Å². The van der Waals surface area contributed by atoms with E-state index in [1.807, 2.05) is 38.1 Å². The molecule has 2 aromatic carbocycles. The Morgan fingerprint density at radius 3 is 2.42 bits per heavy atom. The van der Waals surface area contributed by atoms with Crippen LogP contribution in [0.2, 0.25) is 5.02 Å². The number of amides is 1. The van der Waals surface area contributed by atoms with E-state index in [1.54, 1.807) is 31.2 Å². The van der Waals surface area contributed by atoms with Crippen molar-refractivity contribution in [1.29, 1.82) is 0 Å². The van der Waals surface area contributed by atoms with Crippen LogP contribution in [0.1, 0.15) is 36.7 Å². The monoisotopic (exact) mass is 391 g/mol. The maximum atomic E-state index is 12.7. The Hall–Kier alpha value is -1.98. The van der Waals surface area contributed by atoms with Crippen LogP contribution >= 0.6 is 23.4 Å². The normalized spacial score (nSPS) is 12.5. The molecule has 2 aromatic rings. The van der Waals surface area contributed by atoms with E-state index in [0.717, 1.165) is 17.3 Å². The minimum absolute atomic E-state index is 0.231. The van der Waals surface area contributed by atoms with Crippen molar-refractivity contribution < 1.29 is 14.7 Å². The van der Waals surface area contributed by atoms with Crippen molar-refractivity contribution in [3.05, 3.63) is 64.7 Å². The first kappa shape index (κ1) is 20.3. The topological polar surface area (TPSA) is 66.4 Å². The molecule has 138 valence electrons. The van der Waals surface area contributed by atoms with Gasteiger partial charge in [0.2, 0.25) is 0 Å². The van der Waals surface area contributed by atoms with Gasteiger partial charge in [-0.05, 0) is 30.7 Å². The van der Waals surface area contributed by atoms with E-state index in [-0.39, 0.29) is 11.3 Å². The maximum Gasteiger partial charge on any atom is 0.316 e. The van der Waals surface area contributed by atoms with Crippen LogP contribution in [0.4, 0.5) is 0 Å². The van der Waals surface area contributed by atoms with Gasteiger partial charge in [-0.2, -0.15) is 0 Å². The molecule has 1 atom stereocenters. The summed E-state index contributed by atoms with van der Waals surface area (Å²) < 4.78 is 0. The first-order chi connectivity index (χ1) is 12.2.